The largest absolute Gasteiger partial charge is 0.361 e. The van der Waals surface area contributed by atoms with Gasteiger partial charge in [-0.1, -0.05) is 5.16 Å². The van der Waals surface area contributed by atoms with Crippen LogP contribution in [-0.4, -0.2) is 34.8 Å². The Morgan fingerprint density at radius 1 is 1.60 bits per heavy atom. The molecule has 0 radical (unpaired) electrons. The average molecular weight is 208 g/mol. The standard InChI is InChI=1S/C10H12N2O3/c1-7-9(5-11-15-7)10(14)12-4-2-3-8(13)6-12/h5H,2-4,6H2,1H3. The Labute approximate surface area is 87.0 Å². The minimum absolute atomic E-state index is 0.115. The molecule has 0 bridgehead atoms. The highest BCUT2D eigenvalue weighted by Gasteiger charge is 2.24. The van der Waals surface area contributed by atoms with Crippen LogP contribution in [0.1, 0.15) is 29.0 Å². The van der Waals surface area contributed by atoms with E-state index in [1.54, 1.807) is 11.8 Å². The Morgan fingerprint density at radius 2 is 2.40 bits per heavy atom. The molecule has 0 unspecified atom stereocenters. The summed E-state index contributed by atoms with van der Waals surface area (Å²) in [5.74, 6) is 0.448. The number of piperidine rings is 1. The van der Waals surface area contributed by atoms with Gasteiger partial charge in [0.15, 0.2) is 5.78 Å². The summed E-state index contributed by atoms with van der Waals surface area (Å²) in [6, 6.07) is 0. The lowest BCUT2D eigenvalue weighted by Gasteiger charge is -2.25. The second-order valence-corrected chi connectivity index (χ2v) is 3.66. The SMILES string of the molecule is Cc1oncc1C(=O)N1CCCC(=O)C1. The van der Waals surface area contributed by atoms with Crippen LogP contribution in [0.4, 0.5) is 0 Å². The zero-order valence-electron chi connectivity index (χ0n) is 8.52. The van der Waals surface area contributed by atoms with Crippen molar-refractivity contribution in [2.24, 2.45) is 0 Å². The van der Waals surface area contributed by atoms with Crippen molar-refractivity contribution in [3.05, 3.63) is 17.5 Å². The molecule has 1 fully saturated rings. The molecule has 0 aliphatic carbocycles. The van der Waals surface area contributed by atoms with Crippen molar-refractivity contribution in [2.45, 2.75) is 19.8 Å². The molecule has 1 aliphatic rings. The predicted octanol–water partition coefficient (Wildman–Crippen LogP) is 0.788. The summed E-state index contributed by atoms with van der Waals surface area (Å²) >= 11 is 0. The van der Waals surface area contributed by atoms with Gasteiger partial charge in [-0.25, -0.2) is 0 Å². The lowest BCUT2D eigenvalue weighted by molar-refractivity contribution is -0.121. The van der Waals surface area contributed by atoms with Crippen LogP contribution in [0.25, 0.3) is 0 Å². The number of amides is 1. The van der Waals surface area contributed by atoms with E-state index in [4.69, 9.17) is 4.52 Å². The van der Waals surface area contributed by atoms with E-state index in [0.717, 1.165) is 6.42 Å². The Kier molecular flexibility index (Phi) is 2.53. The third-order valence-electron chi connectivity index (χ3n) is 2.52. The molecule has 2 rings (SSSR count). The van der Waals surface area contributed by atoms with Crippen LogP contribution in [-0.2, 0) is 4.79 Å². The molecule has 15 heavy (non-hydrogen) atoms. The first-order valence-electron chi connectivity index (χ1n) is 4.90. The number of hydrogen-bond donors (Lipinski definition) is 0. The molecule has 0 spiro atoms. The maximum Gasteiger partial charge on any atom is 0.259 e. The number of carbonyl (C=O) groups excluding carboxylic acids is 2. The fourth-order valence-corrected chi connectivity index (χ4v) is 1.69. The van der Waals surface area contributed by atoms with Crippen LogP contribution >= 0.6 is 0 Å². The van der Waals surface area contributed by atoms with E-state index < -0.39 is 0 Å². The van der Waals surface area contributed by atoms with Crippen LogP contribution in [0.5, 0.6) is 0 Å². The Morgan fingerprint density at radius 3 is 3.00 bits per heavy atom. The molecule has 1 aromatic rings. The highest BCUT2D eigenvalue weighted by atomic mass is 16.5. The summed E-state index contributed by atoms with van der Waals surface area (Å²) in [5.41, 5.74) is 0.449. The van der Waals surface area contributed by atoms with Crippen molar-refractivity contribution in [1.29, 1.82) is 0 Å². The molecule has 0 aromatic carbocycles. The smallest absolute Gasteiger partial charge is 0.259 e. The summed E-state index contributed by atoms with van der Waals surface area (Å²) < 4.78 is 4.82. The average Bonchev–Trinajstić information content (AvgIpc) is 2.63. The zero-order chi connectivity index (χ0) is 10.8. The van der Waals surface area contributed by atoms with Gasteiger partial charge >= 0.3 is 0 Å². The Hall–Kier alpha value is -1.65. The zero-order valence-corrected chi connectivity index (χ0v) is 8.52. The molecule has 0 N–H and O–H groups in total. The highest BCUT2D eigenvalue weighted by Crippen LogP contribution is 2.13. The van der Waals surface area contributed by atoms with E-state index in [9.17, 15) is 9.59 Å². The lowest BCUT2D eigenvalue weighted by Crippen LogP contribution is -2.40. The van der Waals surface area contributed by atoms with Gasteiger partial charge in [-0.15, -0.1) is 0 Å². The van der Waals surface area contributed by atoms with Crippen LogP contribution in [0.15, 0.2) is 10.7 Å². The van der Waals surface area contributed by atoms with Gasteiger partial charge < -0.3 is 9.42 Å². The maximum atomic E-state index is 11.9. The number of aryl methyl sites for hydroxylation is 1. The molecule has 1 saturated heterocycles. The number of Topliss-reactive ketones (excluding diaryl/α,β-unsaturated/α-hetero) is 1. The Bertz CT molecular complexity index is 397. The van der Waals surface area contributed by atoms with E-state index in [1.165, 1.54) is 6.20 Å². The van der Waals surface area contributed by atoms with E-state index in [0.29, 0.717) is 24.3 Å². The molecule has 1 amide bonds. The first-order valence-corrected chi connectivity index (χ1v) is 4.90. The van der Waals surface area contributed by atoms with Crippen molar-refractivity contribution in [2.75, 3.05) is 13.1 Å². The topological polar surface area (TPSA) is 63.4 Å². The molecule has 1 aliphatic heterocycles. The second-order valence-electron chi connectivity index (χ2n) is 3.66. The molecule has 0 saturated carbocycles. The number of carbonyl (C=O) groups is 2. The van der Waals surface area contributed by atoms with Gasteiger partial charge in [0.25, 0.3) is 5.91 Å². The normalized spacial score (nSPS) is 16.9. The summed E-state index contributed by atoms with van der Waals surface area (Å²) in [7, 11) is 0. The first-order chi connectivity index (χ1) is 7.18. The summed E-state index contributed by atoms with van der Waals surface area (Å²) in [4.78, 5) is 24.6. The van der Waals surface area contributed by atoms with Gasteiger partial charge in [-0.05, 0) is 13.3 Å². The molecular formula is C10H12N2O3. The quantitative estimate of drug-likeness (QED) is 0.684. The Balaban J connectivity index is 2.14. The van der Waals surface area contributed by atoms with E-state index in [2.05, 4.69) is 5.16 Å². The van der Waals surface area contributed by atoms with Crippen molar-refractivity contribution in [3.8, 4) is 0 Å². The lowest BCUT2D eigenvalue weighted by atomic mass is 10.1. The fourth-order valence-electron chi connectivity index (χ4n) is 1.69. The van der Waals surface area contributed by atoms with Crippen LogP contribution in [0, 0.1) is 6.92 Å². The number of aromatic nitrogens is 1. The minimum Gasteiger partial charge on any atom is -0.361 e. The predicted molar refractivity (Wildman–Crippen MR) is 51.4 cm³/mol. The van der Waals surface area contributed by atoms with Gasteiger partial charge in [0.05, 0.1) is 12.7 Å². The number of hydrogen-bond acceptors (Lipinski definition) is 4. The van der Waals surface area contributed by atoms with Crippen LogP contribution in [0.2, 0.25) is 0 Å². The number of likely N-dealkylation sites (tertiary alicyclic amines) is 1. The van der Waals surface area contributed by atoms with Gasteiger partial charge in [0.1, 0.15) is 11.3 Å². The molecule has 0 atom stereocenters. The third kappa shape index (κ3) is 1.91. The molecule has 80 valence electrons. The first kappa shape index (κ1) is 9.89. The summed E-state index contributed by atoms with van der Waals surface area (Å²) in [5, 5.41) is 3.55. The van der Waals surface area contributed by atoms with E-state index in [-0.39, 0.29) is 18.2 Å². The summed E-state index contributed by atoms with van der Waals surface area (Å²) in [6.07, 6.45) is 2.72. The van der Waals surface area contributed by atoms with Gasteiger partial charge in [-0.3, -0.25) is 9.59 Å². The molecular weight excluding hydrogens is 196 g/mol. The van der Waals surface area contributed by atoms with Gasteiger partial charge in [-0.2, -0.15) is 0 Å². The molecule has 2 heterocycles. The van der Waals surface area contributed by atoms with Crippen LogP contribution < -0.4 is 0 Å². The highest BCUT2D eigenvalue weighted by molar-refractivity contribution is 5.97. The molecule has 5 nitrogen and oxygen atoms in total. The maximum absolute atomic E-state index is 11.9. The van der Waals surface area contributed by atoms with E-state index in [1.807, 2.05) is 0 Å². The third-order valence-corrected chi connectivity index (χ3v) is 2.52. The monoisotopic (exact) mass is 208 g/mol. The summed E-state index contributed by atoms with van der Waals surface area (Å²) in [6.45, 7) is 2.53. The minimum atomic E-state index is -0.165. The van der Waals surface area contributed by atoms with E-state index >= 15 is 0 Å². The fraction of sp³-hybridized carbons (Fsp3) is 0.500. The van der Waals surface area contributed by atoms with Crippen molar-refractivity contribution in [1.82, 2.24) is 10.1 Å². The van der Waals surface area contributed by atoms with Crippen molar-refractivity contribution < 1.29 is 14.1 Å². The number of rotatable bonds is 1. The van der Waals surface area contributed by atoms with Gasteiger partial charge in [0.2, 0.25) is 0 Å². The van der Waals surface area contributed by atoms with Crippen molar-refractivity contribution in [3.63, 3.8) is 0 Å². The number of nitrogens with zero attached hydrogens (tertiary/aromatic N) is 2. The van der Waals surface area contributed by atoms with Crippen LogP contribution in [0.3, 0.4) is 0 Å². The molecule has 5 heteroatoms. The van der Waals surface area contributed by atoms with Gasteiger partial charge in [0, 0.05) is 13.0 Å². The molecule has 1 aromatic heterocycles. The number of ketones is 1. The second kappa shape index (κ2) is 3.84. The van der Waals surface area contributed by atoms with Crippen molar-refractivity contribution >= 4 is 11.7 Å².